The first kappa shape index (κ1) is 32.1. The fourth-order valence-corrected chi connectivity index (χ4v) is 5.86. The Morgan fingerprint density at radius 3 is 2.30 bits per heavy atom. The van der Waals surface area contributed by atoms with Gasteiger partial charge in [0, 0.05) is 22.9 Å². The molecule has 43 heavy (non-hydrogen) atoms. The summed E-state index contributed by atoms with van der Waals surface area (Å²) in [4.78, 5) is 37.6. The summed E-state index contributed by atoms with van der Waals surface area (Å²) in [5.41, 5.74) is 0.857. The van der Waals surface area contributed by atoms with Crippen LogP contribution in [0.1, 0.15) is 59.1 Å². The van der Waals surface area contributed by atoms with E-state index in [1.54, 1.807) is 40.0 Å². The minimum Gasteiger partial charge on any atom is -0.497 e. The number of hydrogen-bond donors (Lipinski definition) is 1. The number of carbonyl (C=O) groups is 2. The van der Waals surface area contributed by atoms with Crippen molar-refractivity contribution in [3.05, 3.63) is 58.6 Å². The van der Waals surface area contributed by atoms with E-state index >= 15 is 0 Å². The Bertz CT molecular complexity index is 1570. The molecule has 1 unspecified atom stereocenters. The van der Waals surface area contributed by atoms with Crippen LogP contribution in [0.15, 0.2) is 47.1 Å². The first-order valence-electron chi connectivity index (χ1n) is 13.8. The van der Waals surface area contributed by atoms with Gasteiger partial charge < -0.3 is 23.9 Å². The van der Waals surface area contributed by atoms with Gasteiger partial charge in [0.25, 0.3) is 0 Å². The Hall–Kier alpha value is -3.83. The van der Waals surface area contributed by atoms with E-state index in [1.165, 1.54) is 22.5 Å². The Morgan fingerprint density at radius 1 is 1.05 bits per heavy atom. The molecular formula is C31H37ClN4O6S. The average Bonchev–Trinajstić information content (AvgIpc) is 3.52. The number of thiophene rings is 1. The van der Waals surface area contributed by atoms with Crippen LogP contribution in [0.25, 0.3) is 21.3 Å². The molecule has 0 aliphatic heterocycles. The number of furan rings is 1. The number of halogens is 1. The van der Waals surface area contributed by atoms with E-state index in [0.29, 0.717) is 34.0 Å². The first-order chi connectivity index (χ1) is 20.1. The molecule has 0 radical (unpaired) electrons. The number of alkyl carbamates (subject to hydrolysis) is 1. The molecule has 0 fully saturated rings. The summed E-state index contributed by atoms with van der Waals surface area (Å²) in [5, 5.41) is 2.88. The van der Waals surface area contributed by atoms with E-state index in [9.17, 15) is 9.59 Å². The standard InChI is InChI=1S/C31H37ClN4O6S/c1-18(33-28(37)41-30(2,3)4)16-22-23(19-11-13-20(39-8)14-12-19)24-25(43-22)26(35-27(32)34-24)36(17-21-10-9-15-40-21)29(38)42-31(5,6)7/h9-15,18H,16-17H2,1-8H3,(H,33,37). The molecule has 1 atom stereocenters. The first-order valence-corrected chi connectivity index (χ1v) is 15.0. The lowest BCUT2D eigenvalue weighted by Crippen LogP contribution is -2.38. The maximum Gasteiger partial charge on any atom is 0.416 e. The number of benzene rings is 1. The van der Waals surface area contributed by atoms with E-state index in [0.717, 1.165) is 16.0 Å². The summed E-state index contributed by atoms with van der Waals surface area (Å²) in [6, 6.07) is 10.8. The summed E-state index contributed by atoms with van der Waals surface area (Å²) in [6.07, 6.45) is 0.865. The molecule has 12 heteroatoms. The Labute approximate surface area is 260 Å². The van der Waals surface area contributed by atoms with Crippen LogP contribution in [0, 0.1) is 0 Å². The number of rotatable bonds is 8. The number of anilines is 1. The number of methoxy groups -OCH3 is 1. The zero-order chi connectivity index (χ0) is 31.5. The number of hydrogen-bond acceptors (Lipinski definition) is 9. The fraction of sp³-hybridized carbons (Fsp3) is 0.419. The molecule has 230 valence electrons. The van der Waals surface area contributed by atoms with Gasteiger partial charge in [0.1, 0.15) is 22.7 Å². The zero-order valence-electron chi connectivity index (χ0n) is 25.6. The summed E-state index contributed by atoms with van der Waals surface area (Å²) in [7, 11) is 1.61. The normalized spacial score (nSPS) is 12.6. The van der Waals surface area contributed by atoms with E-state index in [-0.39, 0.29) is 17.9 Å². The van der Waals surface area contributed by atoms with Gasteiger partial charge in [0.15, 0.2) is 5.82 Å². The average molecular weight is 629 g/mol. The van der Waals surface area contributed by atoms with Gasteiger partial charge in [0.05, 0.1) is 30.1 Å². The van der Waals surface area contributed by atoms with Crippen LogP contribution in [-0.2, 0) is 22.4 Å². The predicted molar refractivity (Wildman–Crippen MR) is 168 cm³/mol. The van der Waals surface area contributed by atoms with Gasteiger partial charge in [-0.15, -0.1) is 11.3 Å². The van der Waals surface area contributed by atoms with Crippen LogP contribution >= 0.6 is 22.9 Å². The maximum absolute atomic E-state index is 13.6. The fourth-order valence-electron chi connectivity index (χ4n) is 4.30. The molecule has 10 nitrogen and oxygen atoms in total. The van der Waals surface area contributed by atoms with Crippen molar-refractivity contribution >= 4 is 51.2 Å². The summed E-state index contributed by atoms with van der Waals surface area (Å²) in [5.74, 6) is 1.53. The lowest BCUT2D eigenvalue weighted by atomic mass is 10.0. The van der Waals surface area contributed by atoms with Crippen LogP contribution in [0.5, 0.6) is 5.75 Å². The van der Waals surface area contributed by atoms with Gasteiger partial charge in [-0.2, -0.15) is 4.98 Å². The highest BCUT2D eigenvalue weighted by Crippen LogP contribution is 2.43. The van der Waals surface area contributed by atoms with Gasteiger partial charge in [-0.05, 0) is 89.9 Å². The minimum atomic E-state index is -0.758. The molecule has 0 aliphatic carbocycles. The zero-order valence-corrected chi connectivity index (χ0v) is 27.2. The van der Waals surface area contributed by atoms with Gasteiger partial charge in [-0.25, -0.2) is 14.6 Å². The molecule has 0 spiro atoms. The van der Waals surface area contributed by atoms with E-state index in [4.69, 9.17) is 30.2 Å². The molecule has 0 saturated heterocycles. The third kappa shape index (κ3) is 8.39. The predicted octanol–water partition coefficient (Wildman–Crippen LogP) is 8.01. The third-order valence-electron chi connectivity index (χ3n) is 5.96. The second-order valence-corrected chi connectivity index (χ2v) is 13.5. The topological polar surface area (TPSA) is 116 Å². The minimum absolute atomic E-state index is 0.0328. The molecule has 1 aromatic carbocycles. The van der Waals surface area contributed by atoms with Crippen LogP contribution in [0.3, 0.4) is 0 Å². The Balaban J connectivity index is 1.86. The quantitative estimate of drug-likeness (QED) is 0.195. The van der Waals surface area contributed by atoms with Crippen molar-refractivity contribution in [3.8, 4) is 16.9 Å². The largest absolute Gasteiger partial charge is 0.497 e. The summed E-state index contributed by atoms with van der Waals surface area (Å²) < 4.78 is 22.8. The monoisotopic (exact) mass is 628 g/mol. The number of amides is 2. The van der Waals surface area contributed by atoms with Crippen LogP contribution < -0.4 is 15.0 Å². The number of nitrogens with one attached hydrogen (secondary N) is 1. The van der Waals surface area contributed by atoms with Crippen molar-refractivity contribution in [2.24, 2.45) is 0 Å². The molecule has 2 amide bonds. The molecule has 0 aliphatic rings. The smallest absolute Gasteiger partial charge is 0.416 e. The number of fused-ring (bicyclic) bond motifs is 1. The van der Waals surface area contributed by atoms with Crippen LogP contribution in [-0.4, -0.2) is 46.5 Å². The molecule has 0 bridgehead atoms. The molecule has 0 saturated carbocycles. The maximum atomic E-state index is 13.6. The van der Waals surface area contributed by atoms with E-state index in [1.807, 2.05) is 52.0 Å². The highest BCUT2D eigenvalue weighted by atomic mass is 35.5. The van der Waals surface area contributed by atoms with Crippen molar-refractivity contribution in [1.82, 2.24) is 15.3 Å². The highest BCUT2D eigenvalue weighted by Gasteiger charge is 2.30. The molecule has 4 rings (SSSR count). The van der Waals surface area contributed by atoms with Crippen LogP contribution in [0.4, 0.5) is 15.4 Å². The summed E-state index contributed by atoms with van der Waals surface area (Å²) >= 11 is 7.95. The Morgan fingerprint density at radius 2 is 1.72 bits per heavy atom. The van der Waals surface area contributed by atoms with Crippen molar-refractivity contribution in [2.75, 3.05) is 12.0 Å². The van der Waals surface area contributed by atoms with Crippen molar-refractivity contribution < 1.29 is 28.2 Å². The molecule has 3 aromatic heterocycles. The van der Waals surface area contributed by atoms with E-state index < -0.39 is 23.4 Å². The Kier molecular flexibility index (Phi) is 9.56. The molecule has 4 aromatic rings. The number of carbonyl (C=O) groups excluding carboxylic acids is 2. The SMILES string of the molecule is COc1ccc(-c2c(CC(C)NC(=O)OC(C)(C)C)sc3c(N(Cc4ccco4)C(=O)OC(C)(C)C)nc(Cl)nc23)cc1. The van der Waals surface area contributed by atoms with Gasteiger partial charge in [-0.3, -0.25) is 4.90 Å². The number of ether oxygens (including phenoxy) is 3. The van der Waals surface area contributed by atoms with Crippen molar-refractivity contribution in [1.29, 1.82) is 0 Å². The second-order valence-electron chi connectivity index (χ2n) is 12.0. The molecule has 1 N–H and O–H groups in total. The highest BCUT2D eigenvalue weighted by molar-refractivity contribution is 7.20. The van der Waals surface area contributed by atoms with Gasteiger partial charge >= 0.3 is 12.2 Å². The van der Waals surface area contributed by atoms with Crippen LogP contribution in [0.2, 0.25) is 5.28 Å². The number of aromatic nitrogens is 2. The number of nitrogens with zero attached hydrogens (tertiary/aromatic N) is 3. The van der Waals surface area contributed by atoms with E-state index in [2.05, 4.69) is 15.3 Å². The summed E-state index contributed by atoms with van der Waals surface area (Å²) in [6.45, 7) is 12.8. The van der Waals surface area contributed by atoms with Gasteiger partial charge in [0.2, 0.25) is 5.28 Å². The lowest BCUT2D eigenvalue weighted by molar-refractivity contribution is 0.0507. The third-order valence-corrected chi connectivity index (χ3v) is 7.32. The van der Waals surface area contributed by atoms with Crippen molar-refractivity contribution in [2.45, 2.75) is 78.7 Å². The molecule has 3 heterocycles. The second kappa shape index (κ2) is 12.8. The van der Waals surface area contributed by atoms with Gasteiger partial charge in [-0.1, -0.05) is 12.1 Å². The lowest BCUT2D eigenvalue weighted by Gasteiger charge is -2.26. The molecular weight excluding hydrogens is 592 g/mol. The van der Waals surface area contributed by atoms with Crippen molar-refractivity contribution in [3.63, 3.8) is 0 Å².